The van der Waals surface area contributed by atoms with Gasteiger partial charge in [-0.25, -0.2) is 4.79 Å². The van der Waals surface area contributed by atoms with E-state index in [2.05, 4.69) is 0 Å². The van der Waals surface area contributed by atoms with Gasteiger partial charge in [0, 0.05) is 37.8 Å². The molecule has 1 aromatic rings. The maximum atomic E-state index is 12.8. The number of esters is 1. The molecule has 2 rings (SSSR count). The number of piperidine rings is 1. The van der Waals surface area contributed by atoms with Crippen molar-refractivity contribution in [3.05, 3.63) is 39.4 Å². The van der Waals surface area contributed by atoms with Crippen LogP contribution in [0.4, 0.5) is 5.69 Å². The van der Waals surface area contributed by atoms with Gasteiger partial charge in [0.1, 0.15) is 6.04 Å². The Kier molecular flexibility index (Phi) is 5.50. The number of rotatable bonds is 4. The third-order valence-corrected chi connectivity index (χ3v) is 4.27. The van der Waals surface area contributed by atoms with Gasteiger partial charge in [-0.15, -0.1) is 0 Å². The fraction of sp³-hybridized carbons (Fsp3) is 0.500. The van der Waals surface area contributed by atoms with Gasteiger partial charge in [-0.2, -0.15) is 0 Å². The molecule has 0 unspecified atom stereocenters. The minimum absolute atomic E-state index is 0.0772. The van der Waals surface area contributed by atoms with Crippen LogP contribution in [0.3, 0.4) is 0 Å². The van der Waals surface area contributed by atoms with E-state index in [1.54, 1.807) is 14.0 Å². The lowest BCUT2D eigenvalue weighted by Gasteiger charge is -2.37. The van der Waals surface area contributed by atoms with Crippen molar-refractivity contribution in [3.8, 4) is 0 Å². The van der Waals surface area contributed by atoms with Gasteiger partial charge in [-0.3, -0.25) is 14.9 Å². The van der Waals surface area contributed by atoms with Crippen molar-refractivity contribution in [2.75, 3.05) is 20.8 Å². The fourth-order valence-electron chi connectivity index (χ4n) is 2.91. The zero-order valence-corrected chi connectivity index (χ0v) is 13.9. The summed E-state index contributed by atoms with van der Waals surface area (Å²) in [6.07, 6.45) is 0.860. The topological polar surface area (TPSA) is 99.0 Å². The summed E-state index contributed by atoms with van der Waals surface area (Å²) in [5.41, 5.74) is 0.753. The Balaban J connectivity index is 2.29. The molecule has 130 valence electrons. The molecule has 2 atom stereocenters. The highest BCUT2D eigenvalue weighted by Gasteiger charge is 2.37. The van der Waals surface area contributed by atoms with E-state index < -0.39 is 16.9 Å². The standard InChI is InChI=1S/C16H20N2O6/c1-10-8-11(18(21)22)4-5-13(10)15(19)17-7-6-12(23-2)9-14(17)16(20)24-3/h4-5,8,12,14H,6-7,9H2,1-3H3/t12-,14+/m0/s1. The Morgan fingerprint density at radius 3 is 2.58 bits per heavy atom. The number of likely N-dealkylation sites (tertiary alicyclic amines) is 1. The van der Waals surface area contributed by atoms with E-state index >= 15 is 0 Å². The maximum absolute atomic E-state index is 12.8. The Morgan fingerprint density at radius 1 is 1.33 bits per heavy atom. The average Bonchev–Trinajstić information content (AvgIpc) is 2.59. The lowest BCUT2D eigenvalue weighted by atomic mass is 9.97. The molecule has 8 nitrogen and oxygen atoms in total. The lowest BCUT2D eigenvalue weighted by Crippen LogP contribution is -2.52. The molecule has 8 heteroatoms. The lowest BCUT2D eigenvalue weighted by molar-refractivity contribution is -0.384. The van der Waals surface area contributed by atoms with Crippen LogP contribution in [0, 0.1) is 17.0 Å². The van der Waals surface area contributed by atoms with Crippen molar-refractivity contribution < 1.29 is 24.0 Å². The molecule has 0 bridgehead atoms. The van der Waals surface area contributed by atoms with E-state index in [1.807, 2.05) is 0 Å². The van der Waals surface area contributed by atoms with Crippen LogP contribution in [0.15, 0.2) is 18.2 Å². The van der Waals surface area contributed by atoms with Gasteiger partial charge >= 0.3 is 5.97 Å². The van der Waals surface area contributed by atoms with Gasteiger partial charge in [-0.05, 0) is 25.0 Å². The van der Waals surface area contributed by atoms with Crippen LogP contribution in [0.2, 0.25) is 0 Å². The molecule has 0 saturated carbocycles. The fourth-order valence-corrected chi connectivity index (χ4v) is 2.91. The number of benzene rings is 1. The van der Waals surface area contributed by atoms with Gasteiger partial charge in [0.15, 0.2) is 0 Å². The van der Waals surface area contributed by atoms with Crippen LogP contribution in [0.5, 0.6) is 0 Å². The zero-order chi connectivity index (χ0) is 17.9. The number of hydrogen-bond acceptors (Lipinski definition) is 6. The van der Waals surface area contributed by atoms with Gasteiger partial charge in [-0.1, -0.05) is 0 Å². The van der Waals surface area contributed by atoms with Crippen LogP contribution >= 0.6 is 0 Å². The van der Waals surface area contributed by atoms with Crippen molar-refractivity contribution in [3.63, 3.8) is 0 Å². The largest absolute Gasteiger partial charge is 0.467 e. The first kappa shape index (κ1) is 17.9. The predicted molar refractivity (Wildman–Crippen MR) is 84.7 cm³/mol. The minimum Gasteiger partial charge on any atom is -0.467 e. The summed E-state index contributed by atoms with van der Waals surface area (Å²) < 4.78 is 10.1. The molecule has 1 saturated heterocycles. The summed E-state index contributed by atoms with van der Waals surface area (Å²) in [6.45, 7) is 1.99. The van der Waals surface area contributed by atoms with Crippen molar-refractivity contribution in [2.24, 2.45) is 0 Å². The monoisotopic (exact) mass is 336 g/mol. The molecular weight excluding hydrogens is 316 g/mol. The molecule has 1 heterocycles. The minimum atomic E-state index is -0.726. The molecule has 1 aliphatic rings. The number of aryl methyl sites for hydroxylation is 1. The summed E-state index contributed by atoms with van der Waals surface area (Å²) in [4.78, 5) is 36.6. The third-order valence-electron chi connectivity index (χ3n) is 4.27. The smallest absolute Gasteiger partial charge is 0.328 e. The first-order valence-electron chi connectivity index (χ1n) is 7.55. The first-order chi connectivity index (χ1) is 11.4. The number of nitrogens with zero attached hydrogens (tertiary/aromatic N) is 2. The summed E-state index contributed by atoms with van der Waals surface area (Å²) in [5, 5.41) is 10.8. The molecule has 1 aliphatic heterocycles. The van der Waals surface area contributed by atoms with E-state index in [4.69, 9.17) is 9.47 Å². The van der Waals surface area contributed by atoms with E-state index in [-0.39, 0.29) is 17.7 Å². The third kappa shape index (κ3) is 3.53. The molecule has 0 N–H and O–H groups in total. The van der Waals surface area contributed by atoms with E-state index in [0.29, 0.717) is 30.5 Å². The second-order valence-corrected chi connectivity index (χ2v) is 5.68. The number of nitro benzene ring substituents is 1. The molecular formula is C16H20N2O6. The second kappa shape index (κ2) is 7.39. The molecule has 0 radical (unpaired) electrons. The highest BCUT2D eigenvalue weighted by Crippen LogP contribution is 2.25. The summed E-state index contributed by atoms with van der Waals surface area (Å²) in [6, 6.07) is 3.33. The SMILES string of the molecule is COC(=O)[C@H]1C[C@@H](OC)CCN1C(=O)c1ccc([N+](=O)[O-])cc1C. The molecule has 24 heavy (non-hydrogen) atoms. The Bertz CT molecular complexity index is 660. The highest BCUT2D eigenvalue weighted by atomic mass is 16.6. The van der Waals surface area contributed by atoms with Gasteiger partial charge in [0.2, 0.25) is 0 Å². The number of non-ortho nitro benzene ring substituents is 1. The van der Waals surface area contributed by atoms with Crippen molar-refractivity contribution in [2.45, 2.75) is 31.9 Å². The van der Waals surface area contributed by atoms with E-state index in [0.717, 1.165) is 0 Å². The number of carbonyl (C=O) groups is 2. The Hall–Kier alpha value is -2.48. The van der Waals surface area contributed by atoms with E-state index in [1.165, 1.54) is 30.2 Å². The zero-order valence-electron chi connectivity index (χ0n) is 13.9. The summed E-state index contributed by atoms with van der Waals surface area (Å²) >= 11 is 0. The Morgan fingerprint density at radius 2 is 2.04 bits per heavy atom. The number of methoxy groups -OCH3 is 2. The molecule has 1 amide bonds. The molecule has 0 aromatic heterocycles. The van der Waals surface area contributed by atoms with Gasteiger partial charge in [0.05, 0.1) is 18.1 Å². The van der Waals surface area contributed by atoms with Crippen LogP contribution < -0.4 is 0 Å². The van der Waals surface area contributed by atoms with Crippen molar-refractivity contribution in [1.82, 2.24) is 4.90 Å². The Labute approximate surface area is 139 Å². The summed E-state index contributed by atoms with van der Waals surface area (Å²) in [7, 11) is 2.84. The number of nitro groups is 1. The second-order valence-electron chi connectivity index (χ2n) is 5.68. The van der Waals surface area contributed by atoms with Crippen LogP contribution in [0.25, 0.3) is 0 Å². The first-order valence-corrected chi connectivity index (χ1v) is 7.55. The molecule has 0 spiro atoms. The number of amides is 1. The van der Waals surface area contributed by atoms with Gasteiger partial charge in [0.25, 0.3) is 11.6 Å². The highest BCUT2D eigenvalue weighted by molar-refractivity contribution is 5.98. The molecule has 1 fully saturated rings. The van der Waals surface area contributed by atoms with Crippen molar-refractivity contribution in [1.29, 1.82) is 0 Å². The van der Waals surface area contributed by atoms with Crippen molar-refractivity contribution >= 4 is 17.6 Å². The van der Waals surface area contributed by atoms with Crippen LogP contribution in [-0.2, 0) is 14.3 Å². The van der Waals surface area contributed by atoms with E-state index in [9.17, 15) is 19.7 Å². The number of carbonyl (C=O) groups excluding carboxylic acids is 2. The maximum Gasteiger partial charge on any atom is 0.328 e. The van der Waals surface area contributed by atoms with Crippen LogP contribution in [-0.4, -0.2) is 54.6 Å². The molecule has 0 aliphatic carbocycles. The van der Waals surface area contributed by atoms with Gasteiger partial charge < -0.3 is 14.4 Å². The quantitative estimate of drug-likeness (QED) is 0.471. The average molecular weight is 336 g/mol. The van der Waals surface area contributed by atoms with Crippen LogP contribution in [0.1, 0.15) is 28.8 Å². The number of hydrogen-bond donors (Lipinski definition) is 0. The molecule has 1 aromatic carbocycles. The predicted octanol–water partition coefficient (Wildman–Crippen LogP) is 1.70. The number of ether oxygens (including phenoxy) is 2. The normalized spacial score (nSPS) is 20.5. The summed E-state index contributed by atoms with van der Waals surface area (Å²) in [5.74, 6) is -0.836.